The van der Waals surface area contributed by atoms with E-state index in [9.17, 15) is 14.4 Å². The number of carboxylic acid groups (broad SMARTS) is 1. The van der Waals surface area contributed by atoms with Gasteiger partial charge in [-0.05, 0) is 0 Å². The van der Waals surface area contributed by atoms with Crippen LogP contribution in [0.25, 0.3) is 0 Å². The van der Waals surface area contributed by atoms with Crippen LogP contribution in [0.2, 0.25) is 0 Å². The fourth-order valence-electron chi connectivity index (χ4n) is 1.95. The van der Waals surface area contributed by atoms with Crippen LogP contribution in [0.15, 0.2) is 0 Å². The van der Waals surface area contributed by atoms with Crippen LogP contribution >= 0.6 is 0 Å². The number of hydrogen-bond acceptors (Lipinski definition) is 4. The molecule has 3 amide bonds. The summed E-state index contributed by atoms with van der Waals surface area (Å²) in [5.41, 5.74) is 0. The standard InChI is InChI=1S/C12H22N4O4/c1-13-10(17)2-4-14-12(20)16-8-6-15(7-9-16)5-3-11(18)19/h2-9H2,1H3,(H,13,17)(H,14,20)(H,18,19). The lowest BCUT2D eigenvalue weighted by Crippen LogP contribution is -2.52. The summed E-state index contributed by atoms with van der Waals surface area (Å²) in [6.07, 6.45) is 0.388. The highest BCUT2D eigenvalue weighted by Crippen LogP contribution is 2.02. The van der Waals surface area contributed by atoms with Crippen molar-refractivity contribution in [2.24, 2.45) is 0 Å². The zero-order chi connectivity index (χ0) is 15.0. The van der Waals surface area contributed by atoms with Crippen molar-refractivity contribution in [1.82, 2.24) is 20.4 Å². The monoisotopic (exact) mass is 286 g/mol. The first-order chi connectivity index (χ1) is 9.52. The van der Waals surface area contributed by atoms with Gasteiger partial charge in [0.15, 0.2) is 0 Å². The van der Waals surface area contributed by atoms with E-state index < -0.39 is 5.97 Å². The van der Waals surface area contributed by atoms with Crippen LogP contribution in [0.5, 0.6) is 0 Å². The van der Waals surface area contributed by atoms with E-state index in [2.05, 4.69) is 10.6 Å². The highest BCUT2D eigenvalue weighted by atomic mass is 16.4. The Kier molecular flexibility index (Phi) is 6.78. The van der Waals surface area contributed by atoms with Gasteiger partial charge in [-0.2, -0.15) is 0 Å². The highest BCUT2D eigenvalue weighted by Gasteiger charge is 2.20. The summed E-state index contributed by atoms with van der Waals surface area (Å²) in [5, 5.41) is 13.8. The number of carbonyl (C=O) groups excluding carboxylic acids is 2. The topological polar surface area (TPSA) is 102 Å². The van der Waals surface area contributed by atoms with E-state index in [0.29, 0.717) is 39.3 Å². The molecule has 1 saturated heterocycles. The van der Waals surface area contributed by atoms with Crippen molar-refractivity contribution in [3.63, 3.8) is 0 Å². The van der Waals surface area contributed by atoms with Crippen LogP contribution in [-0.4, -0.2) is 79.1 Å². The second-order valence-corrected chi connectivity index (χ2v) is 4.63. The van der Waals surface area contributed by atoms with Gasteiger partial charge in [-0.15, -0.1) is 0 Å². The predicted octanol–water partition coefficient (Wildman–Crippen LogP) is -1.08. The molecule has 0 radical (unpaired) electrons. The van der Waals surface area contributed by atoms with Crippen LogP contribution in [-0.2, 0) is 9.59 Å². The Bertz CT molecular complexity index is 353. The van der Waals surface area contributed by atoms with Gasteiger partial charge in [0.05, 0.1) is 6.42 Å². The predicted molar refractivity (Wildman–Crippen MR) is 72.3 cm³/mol. The molecule has 0 aromatic carbocycles. The molecule has 1 rings (SSSR count). The van der Waals surface area contributed by atoms with Gasteiger partial charge in [0.2, 0.25) is 5.91 Å². The van der Waals surface area contributed by atoms with Gasteiger partial charge in [0, 0.05) is 52.7 Å². The number of amides is 3. The minimum absolute atomic E-state index is 0.108. The molecule has 8 heteroatoms. The molecule has 0 saturated carbocycles. The maximum Gasteiger partial charge on any atom is 0.317 e. The van der Waals surface area contributed by atoms with Gasteiger partial charge in [0.25, 0.3) is 0 Å². The maximum atomic E-state index is 11.8. The van der Waals surface area contributed by atoms with E-state index in [4.69, 9.17) is 5.11 Å². The lowest BCUT2D eigenvalue weighted by molar-refractivity contribution is -0.137. The first-order valence-corrected chi connectivity index (χ1v) is 6.70. The Balaban J connectivity index is 2.18. The molecule has 0 bridgehead atoms. The molecule has 0 spiro atoms. The third-order valence-corrected chi connectivity index (χ3v) is 3.21. The van der Waals surface area contributed by atoms with Crippen LogP contribution in [0, 0.1) is 0 Å². The maximum absolute atomic E-state index is 11.8. The van der Waals surface area contributed by atoms with Crippen LogP contribution in [0.4, 0.5) is 4.79 Å². The van der Waals surface area contributed by atoms with E-state index in [0.717, 1.165) is 0 Å². The summed E-state index contributed by atoms with van der Waals surface area (Å²) in [5.74, 6) is -0.914. The quantitative estimate of drug-likeness (QED) is 0.577. The zero-order valence-electron chi connectivity index (χ0n) is 11.7. The molecule has 1 heterocycles. The van der Waals surface area contributed by atoms with Crippen molar-refractivity contribution in [2.75, 3.05) is 46.3 Å². The van der Waals surface area contributed by atoms with E-state index in [-0.39, 0.29) is 24.8 Å². The van der Waals surface area contributed by atoms with Crippen molar-refractivity contribution in [3.05, 3.63) is 0 Å². The van der Waals surface area contributed by atoms with Gasteiger partial charge in [-0.1, -0.05) is 0 Å². The number of hydrogen-bond donors (Lipinski definition) is 3. The molecular weight excluding hydrogens is 264 g/mol. The van der Waals surface area contributed by atoms with Gasteiger partial charge in [-0.25, -0.2) is 4.79 Å². The second-order valence-electron chi connectivity index (χ2n) is 4.63. The number of rotatable bonds is 6. The van der Waals surface area contributed by atoms with Crippen LogP contribution in [0.3, 0.4) is 0 Å². The fourth-order valence-corrected chi connectivity index (χ4v) is 1.95. The van der Waals surface area contributed by atoms with Crippen molar-refractivity contribution < 1.29 is 19.5 Å². The van der Waals surface area contributed by atoms with Crippen LogP contribution < -0.4 is 10.6 Å². The molecule has 0 aromatic heterocycles. The number of nitrogens with one attached hydrogen (secondary N) is 2. The molecular formula is C12H22N4O4. The Morgan fingerprint density at radius 3 is 2.30 bits per heavy atom. The normalized spacial score (nSPS) is 15.8. The minimum Gasteiger partial charge on any atom is -0.481 e. The minimum atomic E-state index is -0.806. The summed E-state index contributed by atoms with van der Waals surface area (Å²) in [6.45, 7) is 3.34. The van der Waals surface area contributed by atoms with Crippen molar-refractivity contribution in [2.45, 2.75) is 12.8 Å². The number of piperazine rings is 1. The summed E-state index contributed by atoms with van der Waals surface area (Å²) in [7, 11) is 1.56. The number of carbonyl (C=O) groups is 3. The first-order valence-electron chi connectivity index (χ1n) is 6.70. The number of aliphatic carboxylic acids is 1. The van der Waals surface area contributed by atoms with Crippen molar-refractivity contribution in [3.8, 4) is 0 Å². The number of carboxylic acids is 1. The third-order valence-electron chi connectivity index (χ3n) is 3.21. The van der Waals surface area contributed by atoms with Gasteiger partial charge in [0.1, 0.15) is 0 Å². The van der Waals surface area contributed by atoms with E-state index in [1.807, 2.05) is 4.90 Å². The molecule has 1 aliphatic heterocycles. The number of nitrogens with zero attached hydrogens (tertiary/aromatic N) is 2. The highest BCUT2D eigenvalue weighted by molar-refractivity contribution is 5.78. The molecule has 20 heavy (non-hydrogen) atoms. The molecule has 1 aliphatic rings. The Labute approximate surface area is 118 Å². The fraction of sp³-hybridized carbons (Fsp3) is 0.750. The molecule has 0 unspecified atom stereocenters. The largest absolute Gasteiger partial charge is 0.481 e. The Morgan fingerprint density at radius 2 is 1.75 bits per heavy atom. The van der Waals surface area contributed by atoms with E-state index in [1.165, 1.54) is 0 Å². The molecule has 0 aromatic rings. The summed E-state index contributed by atoms with van der Waals surface area (Å²) >= 11 is 0. The second kappa shape index (κ2) is 8.36. The molecule has 1 fully saturated rings. The van der Waals surface area contributed by atoms with Gasteiger partial charge >= 0.3 is 12.0 Å². The lowest BCUT2D eigenvalue weighted by atomic mass is 10.3. The Hall–Kier alpha value is -1.83. The molecule has 114 valence electrons. The Morgan fingerprint density at radius 1 is 1.10 bits per heavy atom. The molecule has 0 aliphatic carbocycles. The first kappa shape index (κ1) is 16.2. The van der Waals surface area contributed by atoms with Crippen LogP contribution in [0.1, 0.15) is 12.8 Å². The summed E-state index contributed by atoms with van der Waals surface area (Å²) < 4.78 is 0. The van der Waals surface area contributed by atoms with Crippen molar-refractivity contribution >= 4 is 17.9 Å². The smallest absolute Gasteiger partial charge is 0.317 e. The summed E-state index contributed by atoms with van der Waals surface area (Å²) in [6, 6.07) is -0.174. The average Bonchev–Trinajstić information content (AvgIpc) is 2.45. The van der Waals surface area contributed by atoms with E-state index in [1.54, 1.807) is 11.9 Å². The molecule has 0 atom stereocenters. The average molecular weight is 286 g/mol. The number of urea groups is 1. The summed E-state index contributed by atoms with van der Waals surface area (Å²) in [4.78, 5) is 37.0. The van der Waals surface area contributed by atoms with Gasteiger partial charge < -0.3 is 20.6 Å². The molecule has 3 N–H and O–H groups in total. The molecule has 8 nitrogen and oxygen atoms in total. The van der Waals surface area contributed by atoms with Gasteiger partial charge in [-0.3, -0.25) is 14.5 Å². The zero-order valence-corrected chi connectivity index (χ0v) is 11.7. The van der Waals surface area contributed by atoms with E-state index >= 15 is 0 Å². The SMILES string of the molecule is CNC(=O)CCNC(=O)N1CCN(CCC(=O)O)CC1. The third kappa shape index (κ3) is 5.87. The van der Waals surface area contributed by atoms with Crippen molar-refractivity contribution in [1.29, 1.82) is 0 Å². The lowest BCUT2D eigenvalue weighted by Gasteiger charge is -2.34.